The standard InChI is InChI=1S/C20H21ClN2O2/c1-3-14-5-7-16(8-6-14)22-20(25)15-10-19(24)23(12-15)17-9-4-13(2)18(21)11-17/h4-9,11,15H,3,10,12H2,1-2H3,(H,22,25). The third kappa shape index (κ3) is 3.85. The Kier molecular flexibility index (Phi) is 5.09. The highest BCUT2D eigenvalue weighted by Gasteiger charge is 2.35. The minimum Gasteiger partial charge on any atom is -0.326 e. The highest BCUT2D eigenvalue weighted by Crippen LogP contribution is 2.29. The molecule has 130 valence electrons. The molecule has 2 aromatic carbocycles. The smallest absolute Gasteiger partial charge is 0.229 e. The number of amides is 2. The molecule has 0 radical (unpaired) electrons. The van der Waals surface area contributed by atoms with Gasteiger partial charge in [0.2, 0.25) is 11.8 Å². The van der Waals surface area contributed by atoms with Gasteiger partial charge < -0.3 is 10.2 Å². The number of rotatable bonds is 4. The number of nitrogens with zero attached hydrogens (tertiary/aromatic N) is 1. The van der Waals surface area contributed by atoms with Gasteiger partial charge in [-0.1, -0.05) is 36.7 Å². The first kappa shape index (κ1) is 17.5. The Morgan fingerprint density at radius 2 is 1.96 bits per heavy atom. The van der Waals surface area contributed by atoms with E-state index >= 15 is 0 Å². The quantitative estimate of drug-likeness (QED) is 0.892. The molecule has 1 N–H and O–H groups in total. The Morgan fingerprint density at radius 1 is 1.24 bits per heavy atom. The second-order valence-corrected chi connectivity index (χ2v) is 6.79. The SMILES string of the molecule is CCc1ccc(NC(=O)C2CC(=O)N(c3ccc(C)c(Cl)c3)C2)cc1. The van der Waals surface area contributed by atoms with E-state index in [4.69, 9.17) is 11.6 Å². The van der Waals surface area contributed by atoms with Crippen LogP contribution in [-0.4, -0.2) is 18.4 Å². The zero-order valence-electron chi connectivity index (χ0n) is 14.4. The van der Waals surface area contributed by atoms with Gasteiger partial charge in [0.25, 0.3) is 0 Å². The van der Waals surface area contributed by atoms with Crippen LogP contribution in [0.4, 0.5) is 11.4 Å². The van der Waals surface area contributed by atoms with E-state index in [1.54, 1.807) is 11.0 Å². The number of anilines is 2. The van der Waals surface area contributed by atoms with Crippen LogP contribution in [0.5, 0.6) is 0 Å². The van der Waals surface area contributed by atoms with E-state index in [2.05, 4.69) is 12.2 Å². The maximum atomic E-state index is 12.5. The molecule has 5 heteroatoms. The van der Waals surface area contributed by atoms with Crippen LogP contribution in [0.1, 0.15) is 24.5 Å². The number of carbonyl (C=O) groups is 2. The predicted octanol–water partition coefficient (Wildman–Crippen LogP) is 4.20. The third-order valence-corrected chi connectivity index (χ3v) is 5.00. The first-order chi connectivity index (χ1) is 12.0. The average Bonchev–Trinajstić information content (AvgIpc) is 3.00. The first-order valence-electron chi connectivity index (χ1n) is 8.44. The molecular formula is C20H21ClN2O2. The van der Waals surface area contributed by atoms with Gasteiger partial charge in [0.05, 0.1) is 5.92 Å². The van der Waals surface area contributed by atoms with Gasteiger partial charge in [0.15, 0.2) is 0 Å². The summed E-state index contributed by atoms with van der Waals surface area (Å²) in [6.45, 7) is 4.37. The van der Waals surface area contributed by atoms with E-state index in [1.807, 2.05) is 43.3 Å². The summed E-state index contributed by atoms with van der Waals surface area (Å²) in [5.41, 5.74) is 3.67. The van der Waals surface area contributed by atoms with Crippen molar-refractivity contribution in [2.45, 2.75) is 26.7 Å². The summed E-state index contributed by atoms with van der Waals surface area (Å²) in [5.74, 6) is -0.543. The summed E-state index contributed by atoms with van der Waals surface area (Å²) in [5, 5.41) is 3.52. The number of benzene rings is 2. The van der Waals surface area contributed by atoms with Crippen LogP contribution in [0.25, 0.3) is 0 Å². The minimum atomic E-state index is -0.363. The summed E-state index contributed by atoms with van der Waals surface area (Å²) in [4.78, 5) is 26.5. The topological polar surface area (TPSA) is 49.4 Å². The maximum Gasteiger partial charge on any atom is 0.229 e. The Bertz CT molecular complexity index is 802. The lowest BCUT2D eigenvalue weighted by Gasteiger charge is -2.17. The van der Waals surface area contributed by atoms with Gasteiger partial charge in [-0.15, -0.1) is 0 Å². The fraction of sp³-hybridized carbons (Fsp3) is 0.300. The molecule has 3 rings (SSSR count). The van der Waals surface area contributed by atoms with Crippen LogP contribution in [0.3, 0.4) is 0 Å². The van der Waals surface area contributed by atoms with Crippen molar-refractivity contribution in [1.29, 1.82) is 0 Å². The molecule has 2 aromatic rings. The van der Waals surface area contributed by atoms with E-state index < -0.39 is 0 Å². The summed E-state index contributed by atoms with van der Waals surface area (Å²) in [6.07, 6.45) is 1.17. The van der Waals surface area contributed by atoms with Crippen molar-refractivity contribution in [2.75, 3.05) is 16.8 Å². The second kappa shape index (κ2) is 7.28. The molecule has 1 unspecified atom stereocenters. The van der Waals surface area contributed by atoms with E-state index in [-0.39, 0.29) is 24.2 Å². The number of halogens is 1. The molecule has 0 aliphatic carbocycles. The van der Waals surface area contributed by atoms with Crippen LogP contribution < -0.4 is 10.2 Å². The van der Waals surface area contributed by atoms with Crippen LogP contribution in [0.15, 0.2) is 42.5 Å². The molecule has 1 saturated heterocycles. The van der Waals surface area contributed by atoms with Crippen molar-refractivity contribution in [3.05, 3.63) is 58.6 Å². The zero-order chi connectivity index (χ0) is 18.0. The molecular weight excluding hydrogens is 336 g/mol. The molecule has 4 nitrogen and oxygen atoms in total. The number of aryl methyl sites for hydroxylation is 2. The van der Waals surface area contributed by atoms with E-state index in [1.165, 1.54) is 5.56 Å². The summed E-state index contributed by atoms with van der Waals surface area (Å²) < 4.78 is 0. The third-order valence-electron chi connectivity index (χ3n) is 4.59. The summed E-state index contributed by atoms with van der Waals surface area (Å²) in [7, 11) is 0. The Hall–Kier alpha value is -2.33. The normalized spacial score (nSPS) is 17.0. The highest BCUT2D eigenvalue weighted by atomic mass is 35.5. The van der Waals surface area contributed by atoms with Crippen LogP contribution >= 0.6 is 11.6 Å². The van der Waals surface area contributed by atoms with Gasteiger partial charge in [-0.3, -0.25) is 9.59 Å². The highest BCUT2D eigenvalue weighted by molar-refractivity contribution is 6.31. The molecule has 0 aromatic heterocycles. The van der Waals surface area contributed by atoms with Gasteiger partial charge in [0.1, 0.15) is 0 Å². The predicted molar refractivity (Wildman–Crippen MR) is 101 cm³/mol. The number of hydrogen-bond acceptors (Lipinski definition) is 2. The molecule has 1 aliphatic heterocycles. The van der Waals surface area contributed by atoms with E-state index in [0.717, 1.165) is 23.4 Å². The molecule has 1 fully saturated rings. The molecule has 1 heterocycles. The van der Waals surface area contributed by atoms with E-state index in [9.17, 15) is 9.59 Å². The molecule has 0 bridgehead atoms. The molecule has 25 heavy (non-hydrogen) atoms. The van der Waals surface area contributed by atoms with Crippen LogP contribution in [0.2, 0.25) is 5.02 Å². The lowest BCUT2D eigenvalue weighted by Crippen LogP contribution is -2.28. The van der Waals surface area contributed by atoms with Crippen molar-refractivity contribution in [3.8, 4) is 0 Å². The van der Waals surface area contributed by atoms with E-state index in [0.29, 0.717) is 11.6 Å². The van der Waals surface area contributed by atoms with Gasteiger partial charge in [-0.2, -0.15) is 0 Å². The summed E-state index contributed by atoms with van der Waals surface area (Å²) in [6, 6.07) is 13.3. The molecule has 1 aliphatic rings. The first-order valence-corrected chi connectivity index (χ1v) is 8.82. The maximum absolute atomic E-state index is 12.5. The van der Waals surface area contributed by atoms with Gasteiger partial charge in [-0.05, 0) is 48.7 Å². The summed E-state index contributed by atoms with van der Waals surface area (Å²) >= 11 is 6.15. The minimum absolute atomic E-state index is 0.0543. The zero-order valence-corrected chi connectivity index (χ0v) is 15.1. The Labute approximate surface area is 152 Å². The van der Waals surface area contributed by atoms with Crippen molar-refractivity contribution in [1.82, 2.24) is 0 Å². The van der Waals surface area contributed by atoms with Crippen LogP contribution in [-0.2, 0) is 16.0 Å². The largest absolute Gasteiger partial charge is 0.326 e. The molecule has 0 spiro atoms. The number of carbonyl (C=O) groups excluding carboxylic acids is 2. The fourth-order valence-electron chi connectivity index (χ4n) is 2.95. The second-order valence-electron chi connectivity index (χ2n) is 6.38. The lowest BCUT2D eigenvalue weighted by molar-refractivity contribution is -0.122. The number of hydrogen-bond donors (Lipinski definition) is 1. The Balaban J connectivity index is 1.68. The van der Waals surface area contributed by atoms with Crippen molar-refractivity contribution in [2.24, 2.45) is 5.92 Å². The lowest BCUT2D eigenvalue weighted by atomic mass is 10.1. The molecule has 0 saturated carbocycles. The molecule has 1 atom stereocenters. The van der Waals surface area contributed by atoms with Crippen molar-refractivity contribution in [3.63, 3.8) is 0 Å². The number of nitrogens with one attached hydrogen (secondary N) is 1. The van der Waals surface area contributed by atoms with Gasteiger partial charge >= 0.3 is 0 Å². The van der Waals surface area contributed by atoms with Gasteiger partial charge in [-0.25, -0.2) is 0 Å². The monoisotopic (exact) mass is 356 g/mol. The van der Waals surface area contributed by atoms with Crippen molar-refractivity contribution >= 4 is 34.8 Å². The molecule has 2 amide bonds. The van der Waals surface area contributed by atoms with Crippen molar-refractivity contribution < 1.29 is 9.59 Å². The van der Waals surface area contributed by atoms with Crippen LogP contribution in [0, 0.1) is 12.8 Å². The Morgan fingerprint density at radius 3 is 2.60 bits per heavy atom. The fourth-order valence-corrected chi connectivity index (χ4v) is 3.13. The average molecular weight is 357 g/mol. The van der Waals surface area contributed by atoms with Gasteiger partial charge in [0, 0.05) is 29.4 Å².